The lowest BCUT2D eigenvalue weighted by Gasteiger charge is -2.34. The first-order chi connectivity index (χ1) is 14.1. The number of hydrogen-bond acceptors (Lipinski definition) is 7. The fourth-order valence-electron chi connectivity index (χ4n) is 3.29. The van der Waals surface area contributed by atoms with Crippen molar-refractivity contribution in [3.05, 3.63) is 57.8 Å². The first-order valence-corrected chi connectivity index (χ1v) is 10.3. The second kappa shape index (κ2) is 8.58. The molecule has 1 aliphatic heterocycles. The van der Waals surface area contributed by atoms with Crippen LogP contribution in [0, 0.1) is 0 Å². The maximum Gasteiger partial charge on any atom is 0.286 e. The van der Waals surface area contributed by atoms with E-state index >= 15 is 0 Å². The molecule has 0 bridgehead atoms. The van der Waals surface area contributed by atoms with E-state index in [-0.39, 0.29) is 36.1 Å². The van der Waals surface area contributed by atoms with Crippen LogP contribution in [0.15, 0.2) is 45.3 Å². The summed E-state index contributed by atoms with van der Waals surface area (Å²) in [5, 5.41) is 4.53. The highest BCUT2D eigenvalue weighted by atomic mass is 32.1. The van der Waals surface area contributed by atoms with Crippen LogP contribution in [0.4, 0.5) is 0 Å². The van der Waals surface area contributed by atoms with Crippen molar-refractivity contribution in [3.63, 3.8) is 0 Å². The number of thiazole rings is 1. The van der Waals surface area contributed by atoms with Gasteiger partial charge in [0.2, 0.25) is 5.91 Å². The molecular formula is C19H21N5O4S. The molecule has 4 rings (SSSR count). The predicted molar refractivity (Wildman–Crippen MR) is 107 cm³/mol. The fourth-order valence-corrected chi connectivity index (χ4v) is 4.03. The SMILES string of the molecule is O=C(NCCC(=O)N1CCN(Cc2cc(=O)n3ccsc3n2)CC1)c1ccco1. The number of aromatic nitrogens is 2. The molecule has 0 atom stereocenters. The lowest BCUT2D eigenvalue weighted by Crippen LogP contribution is -2.48. The average Bonchev–Trinajstić information content (AvgIpc) is 3.40. The van der Waals surface area contributed by atoms with Gasteiger partial charge in [0, 0.05) is 63.3 Å². The Hall–Kier alpha value is -2.98. The van der Waals surface area contributed by atoms with Crippen LogP contribution >= 0.6 is 11.3 Å². The topological polar surface area (TPSA) is 100 Å². The van der Waals surface area contributed by atoms with Crippen LogP contribution in [-0.4, -0.2) is 63.7 Å². The number of fused-ring (bicyclic) bond motifs is 1. The molecule has 0 saturated carbocycles. The first kappa shape index (κ1) is 19.3. The molecule has 152 valence electrons. The predicted octanol–water partition coefficient (Wildman–Crippen LogP) is 0.813. The van der Waals surface area contributed by atoms with Crippen LogP contribution in [0.1, 0.15) is 22.7 Å². The van der Waals surface area contributed by atoms with Crippen LogP contribution in [-0.2, 0) is 11.3 Å². The number of piperazine rings is 1. The standard InChI is InChI=1S/C19H21N5O4S/c25-16(3-4-20-18(27)15-2-1-10-28-15)23-7-5-22(6-8-23)13-14-12-17(26)24-9-11-29-19(24)21-14/h1-2,9-12H,3-8,13H2,(H,20,27). The van der Waals surface area contributed by atoms with Crippen molar-refractivity contribution in [3.8, 4) is 0 Å². The van der Waals surface area contributed by atoms with Gasteiger partial charge in [-0.15, -0.1) is 11.3 Å². The van der Waals surface area contributed by atoms with Crippen LogP contribution < -0.4 is 10.9 Å². The Balaban J connectivity index is 1.22. The minimum Gasteiger partial charge on any atom is -0.459 e. The molecule has 0 radical (unpaired) electrons. The number of hydrogen-bond donors (Lipinski definition) is 1. The monoisotopic (exact) mass is 415 g/mol. The van der Waals surface area contributed by atoms with Crippen molar-refractivity contribution in [1.82, 2.24) is 24.5 Å². The molecule has 1 N–H and O–H groups in total. The normalized spacial score (nSPS) is 15.0. The van der Waals surface area contributed by atoms with Crippen LogP contribution in [0.5, 0.6) is 0 Å². The van der Waals surface area contributed by atoms with E-state index in [2.05, 4.69) is 15.2 Å². The second-order valence-corrected chi connectivity index (χ2v) is 7.65. The largest absolute Gasteiger partial charge is 0.459 e. The van der Waals surface area contributed by atoms with E-state index in [1.165, 1.54) is 22.0 Å². The minimum atomic E-state index is -0.321. The van der Waals surface area contributed by atoms with E-state index in [1.54, 1.807) is 29.3 Å². The third kappa shape index (κ3) is 4.54. The molecule has 1 aliphatic rings. The Kier molecular flexibility index (Phi) is 5.72. The molecule has 4 heterocycles. The van der Waals surface area contributed by atoms with E-state index in [9.17, 15) is 14.4 Å². The lowest BCUT2D eigenvalue weighted by molar-refractivity contribution is -0.132. The first-order valence-electron chi connectivity index (χ1n) is 9.38. The maximum atomic E-state index is 12.4. The van der Waals surface area contributed by atoms with Gasteiger partial charge in [-0.25, -0.2) is 4.98 Å². The zero-order valence-corrected chi connectivity index (χ0v) is 16.6. The Labute approximate surface area is 170 Å². The van der Waals surface area contributed by atoms with Gasteiger partial charge in [0.25, 0.3) is 11.5 Å². The summed E-state index contributed by atoms with van der Waals surface area (Å²) in [5.41, 5.74) is 0.675. The highest BCUT2D eigenvalue weighted by Crippen LogP contribution is 2.10. The molecule has 0 aromatic carbocycles. The number of carbonyl (C=O) groups excluding carboxylic acids is 2. The van der Waals surface area contributed by atoms with Gasteiger partial charge < -0.3 is 14.6 Å². The Bertz CT molecular complexity index is 1050. The third-order valence-corrected chi connectivity index (χ3v) is 5.59. The van der Waals surface area contributed by atoms with Crippen molar-refractivity contribution >= 4 is 28.1 Å². The molecule has 0 aliphatic carbocycles. The molecule has 9 nitrogen and oxygen atoms in total. The zero-order valence-electron chi connectivity index (χ0n) is 15.7. The Morgan fingerprint density at radius 2 is 2.07 bits per heavy atom. The van der Waals surface area contributed by atoms with Crippen molar-refractivity contribution in [2.24, 2.45) is 0 Å². The van der Waals surface area contributed by atoms with Gasteiger partial charge in [0.05, 0.1) is 12.0 Å². The summed E-state index contributed by atoms with van der Waals surface area (Å²) in [4.78, 5) is 45.5. The van der Waals surface area contributed by atoms with Crippen LogP contribution in [0.3, 0.4) is 0 Å². The molecule has 2 amide bonds. The summed E-state index contributed by atoms with van der Waals surface area (Å²) in [7, 11) is 0. The number of rotatable bonds is 6. The molecule has 0 unspecified atom stereocenters. The number of carbonyl (C=O) groups is 2. The zero-order chi connectivity index (χ0) is 20.2. The van der Waals surface area contributed by atoms with Crippen molar-refractivity contribution in [2.45, 2.75) is 13.0 Å². The Morgan fingerprint density at radius 1 is 1.24 bits per heavy atom. The molecule has 0 spiro atoms. The van der Waals surface area contributed by atoms with E-state index in [1.807, 2.05) is 5.38 Å². The van der Waals surface area contributed by atoms with Crippen molar-refractivity contribution in [1.29, 1.82) is 0 Å². The van der Waals surface area contributed by atoms with Gasteiger partial charge in [0.15, 0.2) is 10.7 Å². The molecule has 3 aromatic rings. The average molecular weight is 415 g/mol. The maximum absolute atomic E-state index is 12.4. The fraction of sp³-hybridized carbons (Fsp3) is 0.368. The van der Waals surface area contributed by atoms with Gasteiger partial charge >= 0.3 is 0 Å². The molecule has 3 aromatic heterocycles. The van der Waals surface area contributed by atoms with Crippen molar-refractivity contribution in [2.75, 3.05) is 32.7 Å². The molecule has 10 heteroatoms. The number of nitrogens with one attached hydrogen (secondary N) is 1. The number of nitrogens with zero attached hydrogens (tertiary/aromatic N) is 4. The lowest BCUT2D eigenvalue weighted by atomic mass is 10.2. The third-order valence-electron chi connectivity index (χ3n) is 4.84. The Morgan fingerprint density at radius 3 is 2.83 bits per heavy atom. The molecule has 1 fully saturated rings. The number of amides is 2. The van der Waals surface area contributed by atoms with Gasteiger partial charge in [0.1, 0.15) is 0 Å². The summed E-state index contributed by atoms with van der Waals surface area (Å²) in [5.74, 6) is -0.0699. The summed E-state index contributed by atoms with van der Waals surface area (Å²) in [6.45, 7) is 3.53. The van der Waals surface area contributed by atoms with Gasteiger partial charge in [-0.2, -0.15) is 0 Å². The molecule has 29 heavy (non-hydrogen) atoms. The van der Waals surface area contributed by atoms with E-state index in [0.717, 1.165) is 18.8 Å². The summed E-state index contributed by atoms with van der Waals surface area (Å²) in [6.07, 6.45) is 3.41. The minimum absolute atomic E-state index is 0.0146. The molecule has 1 saturated heterocycles. The van der Waals surface area contributed by atoms with Crippen LogP contribution in [0.25, 0.3) is 4.96 Å². The van der Waals surface area contributed by atoms with Gasteiger partial charge in [-0.3, -0.25) is 23.7 Å². The van der Waals surface area contributed by atoms with E-state index in [4.69, 9.17) is 4.42 Å². The summed E-state index contributed by atoms with van der Waals surface area (Å²) in [6, 6.07) is 4.79. The van der Waals surface area contributed by atoms with E-state index < -0.39 is 0 Å². The van der Waals surface area contributed by atoms with Crippen LogP contribution in [0.2, 0.25) is 0 Å². The van der Waals surface area contributed by atoms with Gasteiger partial charge in [-0.1, -0.05) is 0 Å². The second-order valence-electron chi connectivity index (χ2n) is 6.78. The summed E-state index contributed by atoms with van der Waals surface area (Å²) >= 11 is 1.44. The highest BCUT2D eigenvalue weighted by molar-refractivity contribution is 7.15. The smallest absolute Gasteiger partial charge is 0.286 e. The van der Waals surface area contributed by atoms with Crippen molar-refractivity contribution < 1.29 is 14.0 Å². The van der Waals surface area contributed by atoms with E-state index in [0.29, 0.717) is 24.6 Å². The molecular weight excluding hydrogens is 394 g/mol. The number of furan rings is 1. The quantitative estimate of drug-likeness (QED) is 0.640. The highest BCUT2D eigenvalue weighted by Gasteiger charge is 2.21. The summed E-state index contributed by atoms with van der Waals surface area (Å²) < 4.78 is 6.56. The van der Waals surface area contributed by atoms with Gasteiger partial charge in [-0.05, 0) is 12.1 Å².